The van der Waals surface area contributed by atoms with E-state index in [1.807, 2.05) is 18.2 Å². The zero-order valence-electron chi connectivity index (χ0n) is 11.4. The lowest BCUT2D eigenvalue weighted by Gasteiger charge is -2.15. The summed E-state index contributed by atoms with van der Waals surface area (Å²) in [5, 5.41) is 0. The van der Waals surface area contributed by atoms with E-state index in [2.05, 4.69) is 4.99 Å². The number of hydrogen-bond donors (Lipinski definition) is 0. The van der Waals surface area contributed by atoms with Gasteiger partial charge in [0.05, 0.1) is 17.9 Å². The van der Waals surface area contributed by atoms with E-state index in [0.717, 1.165) is 6.07 Å². The number of rotatable bonds is 4. The van der Waals surface area contributed by atoms with Gasteiger partial charge in [-0.3, -0.25) is 4.99 Å². The molecule has 0 N–H and O–H groups in total. The van der Waals surface area contributed by atoms with Crippen LogP contribution < -0.4 is 4.74 Å². The van der Waals surface area contributed by atoms with Crippen molar-refractivity contribution in [2.24, 2.45) is 4.99 Å². The Labute approximate surface area is 120 Å². The molecule has 0 unspecified atom stereocenters. The van der Waals surface area contributed by atoms with Crippen molar-refractivity contribution < 1.29 is 17.9 Å². The Hall–Kier alpha value is -2.30. The van der Waals surface area contributed by atoms with Crippen LogP contribution in [0.4, 0.5) is 18.9 Å². The quantitative estimate of drug-likeness (QED) is 0.738. The highest BCUT2D eigenvalue weighted by molar-refractivity contribution is 5.86. The number of benzene rings is 2. The van der Waals surface area contributed by atoms with E-state index in [-0.39, 0.29) is 12.4 Å². The fourth-order valence-corrected chi connectivity index (χ4v) is 1.84. The van der Waals surface area contributed by atoms with Crippen molar-refractivity contribution in [1.29, 1.82) is 0 Å². The van der Waals surface area contributed by atoms with Crippen LogP contribution in [0.3, 0.4) is 0 Å². The minimum Gasteiger partial charge on any atom is -0.493 e. The molecular formula is C16H14F3NO. The predicted octanol–water partition coefficient (Wildman–Crippen LogP) is 4.85. The molecule has 110 valence electrons. The van der Waals surface area contributed by atoms with Crippen LogP contribution in [0.2, 0.25) is 0 Å². The maximum absolute atomic E-state index is 13.0. The first-order valence-electron chi connectivity index (χ1n) is 6.44. The van der Waals surface area contributed by atoms with Crippen LogP contribution in [0.15, 0.2) is 53.5 Å². The smallest absolute Gasteiger partial charge is 0.419 e. The minimum atomic E-state index is -4.46. The first kappa shape index (κ1) is 15.1. The average molecular weight is 293 g/mol. The maximum atomic E-state index is 13.0. The number of para-hydroxylation sites is 2. The summed E-state index contributed by atoms with van der Waals surface area (Å²) in [5.41, 5.74) is 0.175. The molecule has 0 radical (unpaired) electrons. The lowest BCUT2D eigenvalue weighted by atomic mass is 10.1. The number of hydrogen-bond acceptors (Lipinski definition) is 2. The van der Waals surface area contributed by atoms with Gasteiger partial charge in [-0.1, -0.05) is 24.3 Å². The molecule has 0 spiro atoms. The van der Waals surface area contributed by atoms with Crippen LogP contribution >= 0.6 is 0 Å². The third kappa shape index (κ3) is 3.84. The van der Waals surface area contributed by atoms with Crippen LogP contribution in [0.5, 0.6) is 5.75 Å². The van der Waals surface area contributed by atoms with E-state index >= 15 is 0 Å². The van der Waals surface area contributed by atoms with E-state index in [4.69, 9.17) is 4.74 Å². The summed E-state index contributed by atoms with van der Waals surface area (Å²) in [6.07, 6.45) is -3.07. The molecule has 0 aliphatic rings. The molecule has 2 rings (SSSR count). The SMILES string of the molecule is CCOc1c(C=Nc2ccccc2)cccc1C(F)(F)F. The Kier molecular flexibility index (Phi) is 4.62. The summed E-state index contributed by atoms with van der Waals surface area (Å²) in [5.74, 6) is -0.188. The molecule has 0 aliphatic heterocycles. The Balaban J connectivity index is 2.41. The third-order valence-electron chi connectivity index (χ3n) is 2.75. The van der Waals surface area contributed by atoms with Crippen LogP contribution in [-0.2, 0) is 6.18 Å². The number of alkyl halides is 3. The number of nitrogens with zero attached hydrogens (tertiary/aromatic N) is 1. The average Bonchev–Trinajstić information content (AvgIpc) is 2.46. The van der Waals surface area contributed by atoms with Gasteiger partial charge >= 0.3 is 6.18 Å². The Bertz CT molecular complexity index is 621. The lowest BCUT2D eigenvalue weighted by Crippen LogP contribution is -2.10. The molecule has 5 heteroatoms. The second kappa shape index (κ2) is 6.43. The lowest BCUT2D eigenvalue weighted by molar-refractivity contribution is -0.138. The van der Waals surface area contributed by atoms with E-state index in [1.165, 1.54) is 12.3 Å². The number of aliphatic imine (C=N–C) groups is 1. The second-order valence-corrected chi connectivity index (χ2v) is 4.25. The van der Waals surface area contributed by atoms with Crippen LogP contribution in [-0.4, -0.2) is 12.8 Å². The summed E-state index contributed by atoms with van der Waals surface area (Å²) in [6.45, 7) is 1.80. The van der Waals surface area contributed by atoms with Gasteiger partial charge in [-0.05, 0) is 31.2 Å². The summed E-state index contributed by atoms with van der Waals surface area (Å²) >= 11 is 0. The van der Waals surface area contributed by atoms with Crippen LogP contribution in [0, 0.1) is 0 Å². The van der Waals surface area contributed by atoms with Crippen molar-refractivity contribution in [2.75, 3.05) is 6.61 Å². The van der Waals surface area contributed by atoms with Crippen LogP contribution in [0.25, 0.3) is 0 Å². The summed E-state index contributed by atoms with van der Waals surface area (Å²) < 4.78 is 44.1. The van der Waals surface area contributed by atoms with Gasteiger partial charge in [0.25, 0.3) is 0 Å². The summed E-state index contributed by atoms with van der Waals surface area (Å²) in [7, 11) is 0. The third-order valence-corrected chi connectivity index (χ3v) is 2.75. The Morgan fingerprint density at radius 3 is 2.38 bits per heavy atom. The van der Waals surface area contributed by atoms with Gasteiger partial charge < -0.3 is 4.74 Å². The van der Waals surface area contributed by atoms with Crippen molar-refractivity contribution in [3.8, 4) is 5.75 Å². The molecule has 2 nitrogen and oxygen atoms in total. The van der Waals surface area contributed by atoms with Crippen molar-refractivity contribution in [2.45, 2.75) is 13.1 Å². The molecule has 2 aromatic rings. The fourth-order valence-electron chi connectivity index (χ4n) is 1.84. The highest BCUT2D eigenvalue weighted by atomic mass is 19.4. The monoisotopic (exact) mass is 293 g/mol. The van der Waals surface area contributed by atoms with E-state index in [9.17, 15) is 13.2 Å². The molecule has 21 heavy (non-hydrogen) atoms. The molecule has 0 heterocycles. The first-order chi connectivity index (χ1) is 10.0. The van der Waals surface area contributed by atoms with E-state index in [0.29, 0.717) is 11.3 Å². The summed E-state index contributed by atoms with van der Waals surface area (Å²) in [4.78, 5) is 4.17. The standard InChI is InChI=1S/C16H14F3NO/c1-2-21-15-12(7-6-10-14(15)16(17,18)19)11-20-13-8-4-3-5-9-13/h3-11H,2H2,1H3. The number of ether oxygens (including phenoxy) is 1. The van der Waals surface area contributed by atoms with Crippen molar-refractivity contribution >= 4 is 11.9 Å². The van der Waals surface area contributed by atoms with Gasteiger partial charge in [0.1, 0.15) is 5.75 Å². The van der Waals surface area contributed by atoms with Gasteiger partial charge in [0.2, 0.25) is 0 Å². The molecule has 0 saturated heterocycles. The Morgan fingerprint density at radius 1 is 1.05 bits per heavy atom. The van der Waals surface area contributed by atoms with Gasteiger partial charge in [-0.25, -0.2) is 0 Å². The largest absolute Gasteiger partial charge is 0.493 e. The number of halogens is 3. The van der Waals surface area contributed by atoms with Crippen LogP contribution in [0.1, 0.15) is 18.1 Å². The fraction of sp³-hybridized carbons (Fsp3) is 0.188. The van der Waals surface area contributed by atoms with Gasteiger partial charge in [-0.15, -0.1) is 0 Å². The molecule has 0 aliphatic carbocycles. The first-order valence-corrected chi connectivity index (χ1v) is 6.44. The molecular weight excluding hydrogens is 279 g/mol. The Morgan fingerprint density at radius 2 is 1.76 bits per heavy atom. The molecule has 2 aromatic carbocycles. The normalized spacial score (nSPS) is 11.8. The van der Waals surface area contributed by atoms with E-state index in [1.54, 1.807) is 25.1 Å². The second-order valence-electron chi connectivity index (χ2n) is 4.25. The highest BCUT2D eigenvalue weighted by Gasteiger charge is 2.35. The van der Waals surface area contributed by atoms with Crippen molar-refractivity contribution in [3.63, 3.8) is 0 Å². The van der Waals surface area contributed by atoms with Gasteiger partial charge in [0.15, 0.2) is 0 Å². The summed E-state index contributed by atoms with van der Waals surface area (Å²) in [6, 6.07) is 12.9. The van der Waals surface area contributed by atoms with Crippen molar-refractivity contribution in [3.05, 3.63) is 59.7 Å². The van der Waals surface area contributed by atoms with Gasteiger partial charge in [0, 0.05) is 11.8 Å². The maximum Gasteiger partial charge on any atom is 0.419 e. The molecule has 0 saturated carbocycles. The molecule has 0 aromatic heterocycles. The van der Waals surface area contributed by atoms with Gasteiger partial charge in [-0.2, -0.15) is 13.2 Å². The van der Waals surface area contributed by atoms with E-state index < -0.39 is 11.7 Å². The predicted molar refractivity (Wildman–Crippen MR) is 76.3 cm³/mol. The molecule has 0 bridgehead atoms. The highest BCUT2D eigenvalue weighted by Crippen LogP contribution is 2.37. The zero-order valence-corrected chi connectivity index (χ0v) is 11.4. The molecule has 0 atom stereocenters. The molecule has 0 fully saturated rings. The minimum absolute atomic E-state index is 0.152. The topological polar surface area (TPSA) is 21.6 Å². The zero-order chi connectivity index (χ0) is 15.3. The van der Waals surface area contributed by atoms with Crippen molar-refractivity contribution in [1.82, 2.24) is 0 Å². The molecule has 0 amide bonds.